The Hall–Kier alpha value is -2.71. The number of fused-ring (bicyclic) bond motifs is 1. The molecule has 24 heavy (non-hydrogen) atoms. The largest absolute Gasteiger partial charge is 0.316 e. The lowest BCUT2D eigenvalue weighted by atomic mass is 10.2. The first-order valence-electron chi connectivity index (χ1n) is 7.26. The number of hydrogen-bond donors (Lipinski definition) is 3. The minimum absolute atomic E-state index is 0.0192. The predicted molar refractivity (Wildman–Crippen MR) is 90.5 cm³/mol. The number of H-pyrrole nitrogens is 2. The molecule has 0 saturated carbocycles. The number of nitrogens with one attached hydrogen (secondary N) is 3. The normalized spacial score (nSPS) is 11.7. The molecular weight excluding hydrogens is 330 g/mol. The van der Waals surface area contributed by atoms with Crippen LogP contribution in [0.5, 0.6) is 0 Å². The van der Waals surface area contributed by atoms with Gasteiger partial charge in [-0.15, -0.1) is 0 Å². The summed E-state index contributed by atoms with van der Waals surface area (Å²) in [6, 6.07) is 13.7. The van der Waals surface area contributed by atoms with Gasteiger partial charge in [0.25, 0.3) is 0 Å². The lowest BCUT2D eigenvalue weighted by Crippen LogP contribution is -2.29. The van der Waals surface area contributed by atoms with Gasteiger partial charge in [0.2, 0.25) is 10.0 Å². The number of aromatic nitrogens is 2. The zero-order valence-corrected chi connectivity index (χ0v) is 13.4. The van der Waals surface area contributed by atoms with Crippen LogP contribution in [0.2, 0.25) is 0 Å². The zero-order valence-electron chi connectivity index (χ0n) is 12.6. The standard InChI is InChI=1S/C16H15N3O4S/c20-15-16(21)19-14-10-12(6-7-13(14)18-15)24(22,23)17-9-8-11-4-2-1-3-5-11/h1-7,10,17H,8-9H2,(H,18,20)(H,19,21). The Morgan fingerprint density at radius 1 is 0.875 bits per heavy atom. The molecule has 0 spiro atoms. The molecular formula is C16H15N3O4S. The van der Waals surface area contributed by atoms with E-state index in [1.807, 2.05) is 30.3 Å². The Morgan fingerprint density at radius 3 is 2.25 bits per heavy atom. The van der Waals surface area contributed by atoms with Gasteiger partial charge in [-0.3, -0.25) is 9.59 Å². The maximum Gasteiger partial charge on any atom is 0.314 e. The SMILES string of the molecule is O=c1[nH]c2ccc(S(=O)(=O)NCCc3ccccc3)cc2[nH]c1=O. The molecule has 1 heterocycles. The van der Waals surface area contributed by atoms with Gasteiger partial charge in [0.15, 0.2) is 0 Å². The van der Waals surface area contributed by atoms with Crippen molar-refractivity contribution in [1.29, 1.82) is 0 Å². The van der Waals surface area contributed by atoms with Crippen LogP contribution in [-0.2, 0) is 16.4 Å². The Labute approximate surface area is 137 Å². The highest BCUT2D eigenvalue weighted by Gasteiger charge is 2.14. The molecule has 3 rings (SSSR count). The highest BCUT2D eigenvalue weighted by Crippen LogP contribution is 2.14. The first kappa shape index (κ1) is 16.2. The minimum Gasteiger partial charge on any atom is -0.316 e. The summed E-state index contributed by atoms with van der Waals surface area (Å²) in [5.41, 5.74) is 0.0437. The molecule has 0 unspecified atom stereocenters. The van der Waals surface area contributed by atoms with Crippen molar-refractivity contribution < 1.29 is 8.42 Å². The molecule has 8 heteroatoms. The number of benzene rings is 2. The molecule has 0 bridgehead atoms. The van der Waals surface area contributed by atoms with E-state index in [0.717, 1.165) is 5.56 Å². The topological polar surface area (TPSA) is 112 Å². The predicted octanol–water partition coefficient (Wildman–Crippen LogP) is 0.737. The van der Waals surface area contributed by atoms with E-state index in [9.17, 15) is 18.0 Å². The van der Waals surface area contributed by atoms with Crippen molar-refractivity contribution in [1.82, 2.24) is 14.7 Å². The Kier molecular flexibility index (Phi) is 4.32. The molecule has 124 valence electrons. The third kappa shape index (κ3) is 3.44. The highest BCUT2D eigenvalue weighted by molar-refractivity contribution is 7.89. The molecule has 0 saturated heterocycles. The van der Waals surface area contributed by atoms with E-state index in [-0.39, 0.29) is 17.0 Å². The summed E-state index contributed by atoms with van der Waals surface area (Å²) in [4.78, 5) is 27.4. The van der Waals surface area contributed by atoms with Crippen molar-refractivity contribution in [3.63, 3.8) is 0 Å². The molecule has 7 nitrogen and oxygen atoms in total. The van der Waals surface area contributed by atoms with Crippen molar-refractivity contribution in [2.75, 3.05) is 6.54 Å². The second kappa shape index (κ2) is 6.42. The van der Waals surface area contributed by atoms with Crippen molar-refractivity contribution in [3.05, 3.63) is 74.8 Å². The fraction of sp³-hybridized carbons (Fsp3) is 0.125. The fourth-order valence-electron chi connectivity index (χ4n) is 2.32. The third-order valence-electron chi connectivity index (χ3n) is 3.55. The first-order chi connectivity index (χ1) is 11.5. The van der Waals surface area contributed by atoms with Crippen LogP contribution < -0.4 is 15.8 Å². The van der Waals surface area contributed by atoms with E-state index in [1.54, 1.807) is 0 Å². The van der Waals surface area contributed by atoms with Gasteiger partial charge in [-0.05, 0) is 30.2 Å². The second-order valence-corrected chi connectivity index (χ2v) is 7.02. The van der Waals surface area contributed by atoms with Crippen LogP contribution in [0.25, 0.3) is 11.0 Å². The van der Waals surface area contributed by atoms with Gasteiger partial charge in [-0.2, -0.15) is 0 Å². The molecule has 0 atom stereocenters. The quantitative estimate of drug-likeness (QED) is 0.592. The summed E-state index contributed by atoms with van der Waals surface area (Å²) in [6.45, 7) is 0.256. The minimum atomic E-state index is -3.71. The highest BCUT2D eigenvalue weighted by atomic mass is 32.2. The average molecular weight is 345 g/mol. The second-order valence-electron chi connectivity index (χ2n) is 5.25. The maximum atomic E-state index is 12.3. The number of sulfonamides is 1. The van der Waals surface area contributed by atoms with Crippen molar-refractivity contribution in [2.24, 2.45) is 0 Å². The number of hydrogen-bond acceptors (Lipinski definition) is 4. The van der Waals surface area contributed by atoms with Gasteiger partial charge in [0, 0.05) is 6.54 Å². The van der Waals surface area contributed by atoms with Gasteiger partial charge >= 0.3 is 11.1 Å². The van der Waals surface area contributed by atoms with Gasteiger partial charge in [0.05, 0.1) is 15.9 Å². The number of aromatic amines is 2. The lowest BCUT2D eigenvalue weighted by Gasteiger charge is -2.08. The fourth-order valence-corrected chi connectivity index (χ4v) is 3.38. The van der Waals surface area contributed by atoms with E-state index >= 15 is 0 Å². The van der Waals surface area contributed by atoms with E-state index < -0.39 is 21.1 Å². The molecule has 1 aromatic heterocycles. The number of rotatable bonds is 5. The molecule has 3 aromatic rings. The van der Waals surface area contributed by atoms with E-state index in [2.05, 4.69) is 14.7 Å². The van der Waals surface area contributed by atoms with Crippen molar-refractivity contribution in [3.8, 4) is 0 Å². The van der Waals surface area contributed by atoms with Crippen LogP contribution in [0.1, 0.15) is 5.56 Å². The zero-order chi connectivity index (χ0) is 17.2. The Balaban J connectivity index is 1.81. The summed E-state index contributed by atoms with van der Waals surface area (Å²) in [7, 11) is -3.71. The molecule has 3 N–H and O–H groups in total. The smallest absolute Gasteiger partial charge is 0.314 e. The third-order valence-corrected chi connectivity index (χ3v) is 5.01. The van der Waals surface area contributed by atoms with E-state index in [4.69, 9.17) is 0 Å². The average Bonchev–Trinajstić information content (AvgIpc) is 2.56. The summed E-state index contributed by atoms with van der Waals surface area (Å²) < 4.78 is 27.2. The molecule has 0 radical (unpaired) electrons. The maximum absolute atomic E-state index is 12.3. The van der Waals surface area contributed by atoms with Crippen LogP contribution in [0.4, 0.5) is 0 Å². The van der Waals surface area contributed by atoms with Crippen LogP contribution in [-0.4, -0.2) is 24.9 Å². The van der Waals surface area contributed by atoms with Crippen LogP contribution in [0.3, 0.4) is 0 Å². The molecule has 0 aliphatic heterocycles. The van der Waals surface area contributed by atoms with Gasteiger partial charge < -0.3 is 9.97 Å². The van der Waals surface area contributed by atoms with Gasteiger partial charge in [0.1, 0.15) is 0 Å². The van der Waals surface area contributed by atoms with Crippen LogP contribution in [0, 0.1) is 0 Å². The monoisotopic (exact) mass is 345 g/mol. The van der Waals surface area contributed by atoms with E-state index in [1.165, 1.54) is 18.2 Å². The van der Waals surface area contributed by atoms with Crippen LogP contribution in [0.15, 0.2) is 63.0 Å². The Morgan fingerprint density at radius 2 is 1.54 bits per heavy atom. The molecule has 0 fully saturated rings. The summed E-state index contributed by atoms with van der Waals surface area (Å²) in [5, 5.41) is 0. The Bertz CT molecular complexity index is 1090. The van der Waals surface area contributed by atoms with E-state index in [0.29, 0.717) is 11.9 Å². The van der Waals surface area contributed by atoms with Gasteiger partial charge in [-0.25, -0.2) is 13.1 Å². The summed E-state index contributed by atoms with van der Waals surface area (Å²) >= 11 is 0. The molecule has 0 aliphatic carbocycles. The first-order valence-corrected chi connectivity index (χ1v) is 8.74. The molecule has 0 amide bonds. The summed E-state index contributed by atoms with van der Waals surface area (Å²) in [5.74, 6) is 0. The lowest BCUT2D eigenvalue weighted by molar-refractivity contribution is 0.581. The summed E-state index contributed by atoms with van der Waals surface area (Å²) in [6.07, 6.45) is 0.567. The molecule has 0 aliphatic rings. The molecule has 2 aromatic carbocycles. The van der Waals surface area contributed by atoms with Crippen LogP contribution >= 0.6 is 0 Å². The van der Waals surface area contributed by atoms with Crippen molar-refractivity contribution >= 4 is 21.1 Å². The van der Waals surface area contributed by atoms with Gasteiger partial charge in [-0.1, -0.05) is 30.3 Å². The van der Waals surface area contributed by atoms with Crippen molar-refractivity contribution in [2.45, 2.75) is 11.3 Å².